The van der Waals surface area contributed by atoms with Crippen LogP contribution in [-0.4, -0.2) is 30.4 Å². The summed E-state index contributed by atoms with van der Waals surface area (Å²) in [5.41, 5.74) is 4.01. The molecule has 1 N–H and O–H groups in total. The van der Waals surface area contributed by atoms with E-state index in [4.69, 9.17) is 9.47 Å². The van der Waals surface area contributed by atoms with E-state index in [0.29, 0.717) is 11.3 Å². The standard InChI is InChI=1S/C33H28N2O6/c1-4-40-32(38)24-9-12-25(13-10-24)35-31(37)28(30(36)34-33(35)39)18-27-26-8-6-5-7-23(26)11-14-29(27)41-19-22-16-20(2)15-21(3)17-22/h5-18H,4,19H2,1-3H3,(H,34,36,39)/b28-18+. The molecule has 4 aromatic rings. The van der Waals surface area contributed by atoms with Crippen LogP contribution in [0.4, 0.5) is 10.5 Å². The zero-order valence-electron chi connectivity index (χ0n) is 22.9. The molecule has 1 fully saturated rings. The number of nitrogens with zero attached hydrogens (tertiary/aromatic N) is 1. The monoisotopic (exact) mass is 548 g/mol. The van der Waals surface area contributed by atoms with E-state index < -0.39 is 23.8 Å². The Labute approximate surface area is 237 Å². The SMILES string of the molecule is CCOC(=O)c1ccc(N2C(=O)NC(=O)/C(=C\c3c(OCc4cc(C)cc(C)c4)ccc4ccccc34)C2=O)cc1. The minimum atomic E-state index is -0.884. The van der Waals surface area contributed by atoms with E-state index in [9.17, 15) is 19.2 Å². The first-order valence-corrected chi connectivity index (χ1v) is 13.2. The number of urea groups is 1. The molecule has 0 aromatic heterocycles. The van der Waals surface area contributed by atoms with Gasteiger partial charge in [-0.1, -0.05) is 59.7 Å². The quantitative estimate of drug-likeness (QED) is 0.176. The van der Waals surface area contributed by atoms with Crippen molar-refractivity contribution < 1.29 is 28.7 Å². The van der Waals surface area contributed by atoms with Crippen molar-refractivity contribution in [3.8, 4) is 5.75 Å². The molecule has 8 nitrogen and oxygen atoms in total. The summed E-state index contributed by atoms with van der Waals surface area (Å²) < 4.78 is 11.2. The molecule has 1 aliphatic heterocycles. The Morgan fingerprint density at radius 1 is 0.902 bits per heavy atom. The highest BCUT2D eigenvalue weighted by Gasteiger charge is 2.37. The van der Waals surface area contributed by atoms with Gasteiger partial charge in [0.05, 0.1) is 17.9 Å². The number of ether oxygens (including phenoxy) is 2. The van der Waals surface area contributed by atoms with Crippen LogP contribution in [0.5, 0.6) is 5.75 Å². The highest BCUT2D eigenvalue weighted by molar-refractivity contribution is 6.39. The lowest BCUT2D eigenvalue weighted by atomic mass is 9.99. The second-order valence-electron chi connectivity index (χ2n) is 9.71. The zero-order chi connectivity index (χ0) is 29.1. The number of anilines is 1. The predicted molar refractivity (Wildman–Crippen MR) is 156 cm³/mol. The Morgan fingerprint density at radius 2 is 1.61 bits per heavy atom. The first kappa shape index (κ1) is 27.3. The third-order valence-corrected chi connectivity index (χ3v) is 6.63. The minimum Gasteiger partial charge on any atom is -0.488 e. The van der Waals surface area contributed by atoms with E-state index >= 15 is 0 Å². The molecule has 0 unspecified atom stereocenters. The maximum Gasteiger partial charge on any atom is 0.338 e. The Bertz CT molecular complexity index is 1700. The van der Waals surface area contributed by atoms with Gasteiger partial charge >= 0.3 is 12.0 Å². The Hall–Kier alpha value is -5.24. The number of carbonyl (C=O) groups is 4. The number of esters is 1. The van der Waals surface area contributed by atoms with Gasteiger partial charge in [0.15, 0.2) is 0 Å². The molecule has 0 aliphatic carbocycles. The van der Waals surface area contributed by atoms with Crippen molar-refractivity contribution in [3.63, 3.8) is 0 Å². The summed E-state index contributed by atoms with van der Waals surface area (Å²) in [6, 6.07) is 22.4. The zero-order valence-corrected chi connectivity index (χ0v) is 22.9. The molecule has 0 spiro atoms. The third kappa shape index (κ3) is 5.72. The van der Waals surface area contributed by atoms with E-state index in [2.05, 4.69) is 11.4 Å². The Kier molecular flexibility index (Phi) is 7.65. The summed E-state index contributed by atoms with van der Waals surface area (Å²) >= 11 is 0. The first-order chi connectivity index (χ1) is 19.7. The number of fused-ring (bicyclic) bond motifs is 1. The van der Waals surface area contributed by atoms with Crippen molar-refractivity contribution >= 4 is 46.4 Å². The average molecular weight is 549 g/mol. The number of carbonyl (C=O) groups excluding carboxylic acids is 4. The lowest BCUT2D eigenvalue weighted by Crippen LogP contribution is -2.54. The van der Waals surface area contributed by atoms with Crippen LogP contribution in [-0.2, 0) is 20.9 Å². The van der Waals surface area contributed by atoms with Gasteiger partial charge in [-0.15, -0.1) is 0 Å². The molecule has 0 radical (unpaired) electrons. The summed E-state index contributed by atoms with van der Waals surface area (Å²) in [6.07, 6.45) is 1.46. The molecule has 206 valence electrons. The molecule has 4 aromatic carbocycles. The number of hydrogen-bond acceptors (Lipinski definition) is 6. The molecule has 41 heavy (non-hydrogen) atoms. The van der Waals surface area contributed by atoms with E-state index in [1.807, 2.05) is 56.3 Å². The van der Waals surface area contributed by atoms with Crippen molar-refractivity contribution in [2.24, 2.45) is 0 Å². The van der Waals surface area contributed by atoms with E-state index in [0.717, 1.165) is 32.4 Å². The molecule has 1 saturated heterocycles. The fourth-order valence-corrected chi connectivity index (χ4v) is 4.86. The predicted octanol–water partition coefficient (Wildman–Crippen LogP) is 5.88. The van der Waals surface area contributed by atoms with Gasteiger partial charge in [0.2, 0.25) is 0 Å². The van der Waals surface area contributed by atoms with Crippen LogP contribution >= 0.6 is 0 Å². The summed E-state index contributed by atoms with van der Waals surface area (Å²) in [6.45, 7) is 6.24. The van der Waals surface area contributed by atoms with Crippen molar-refractivity contribution in [2.45, 2.75) is 27.4 Å². The Balaban J connectivity index is 1.53. The molecular weight excluding hydrogens is 520 g/mol. The molecule has 1 heterocycles. The summed E-state index contributed by atoms with van der Waals surface area (Å²) in [5.74, 6) is -1.64. The van der Waals surface area contributed by atoms with Gasteiger partial charge in [-0.25, -0.2) is 14.5 Å². The molecule has 8 heteroatoms. The van der Waals surface area contributed by atoms with Crippen LogP contribution < -0.4 is 15.0 Å². The summed E-state index contributed by atoms with van der Waals surface area (Å²) in [5, 5.41) is 3.92. The average Bonchev–Trinajstić information content (AvgIpc) is 2.94. The van der Waals surface area contributed by atoms with Crippen molar-refractivity contribution in [2.75, 3.05) is 11.5 Å². The molecule has 0 bridgehead atoms. The van der Waals surface area contributed by atoms with Crippen LogP contribution in [0.2, 0.25) is 0 Å². The number of benzene rings is 4. The summed E-state index contributed by atoms with van der Waals surface area (Å²) in [4.78, 5) is 52.2. The lowest BCUT2D eigenvalue weighted by molar-refractivity contribution is -0.122. The lowest BCUT2D eigenvalue weighted by Gasteiger charge is -2.26. The number of amides is 4. The fourth-order valence-electron chi connectivity index (χ4n) is 4.86. The van der Waals surface area contributed by atoms with Gasteiger partial charge in [-0.05, 0) is 73.5 Å². The second kappa shape index (κ2) is 11.5. The van der Waals surface area contributed by atoms with Gasteiger partial charge in [-0.3, -0.25) is 14.9 Å². The number of aryl methyl sites for hydroxylation is 2. The summed E-state index contributed by atoms with van der Waals surface area (Å²) in [7, 11) is 0. The molecule has 1 aliphatic rings. The van der Waals surface area contributed by atoms with Gasteiger partial charge in [0.1, 0.15) is 17.9 Å². The smallest absolute Gasteiger partial charge is 0.338 e. The molecular formula is C33H28N2O6. The topological polar surface area (TPSA) is 102 Å². The highest BCUT2D eigenvalue weighted by atomic mass is 16.5. The van der Waals surface area contributed by atoms with E-state index in [1.54, 1.807) is 13.0 Å². The normalized spacial score (nSPS) is 14.4. The maximum absolute atomic E-state index is 13.6. The largest absolute Gasteiger partial charge is 0.488 e. The third-order valence-electron chi connectivity index (χ3n) is 6.63. The number of rotatable bonds is 7. The van der Waals surface area contributed by atoms with Crippen LogP contribution in [0, 0.1) is 13.8 Å². The Morgan fingerprint density at radius 3 is 2.32 bits per heavy atom. The number of nitrogens with one attached hydrogen (secondary N) is 1. The van der Waals surface area contributed by atoms with Crippen LogP contribution in [0.25, 0.3) is 16.8 Å². The minimum absolute atomic E-state index is 0.197. The maximum atomic E-state index is 13.6. The van der Waals surface area contributed by atoms with Crippen molar-refractivity contribution in [1.82, 2.24) is 5.32 Å². The van der Waals surface area contributed by atoms with Crippen molar-refractivity contribution in [3.05, 3.63) is 112 Å². The van der Waals surface area contributed by atoms with E-state index in [-0.39, 0.29) is 30.0 Å². The van der Waals surface area contributed by atoms with Crippen LogP contribution in [0.1, 0.15) is 39.5 Å². The van der Waals surface area contributed by atoms with Crippen LogP contribution in [0.3, 0.4) is 0 Å². The van der Waals surface area contributed by atoms with Crippen LogP contribution in [0.15, 0.2) is 84.4 Å². The molecule has 5 rings (SSSR count). The number of hydrogen-bond donors (Lipinski definition) is 1. The fraction of sp³-hybridized carbons (Fsp3) is 0.152. The molecule has 0 atom stereocenters. The van der Waals surface area contributed by atoms with Gasteiger partial charge in [0, 0.05) is 5.56 Å². The van der Waals surface area contributed by atoms with Gasteiger partial charge < -0.3 is 9.47 Å². The van der Waals surface area contributed by atoms with E-state index in [1.165, 1.54) is 30.3 Å². The van der Waals surface area contributed by atoms with Gasteiger partial charge in [-0.2, -0.15) is 0 Å². The van der Waals surface area contributed by atoms with Crippen molar-refractivity contribution in [1.29, 1.82) is 0 Å². The molecule has 4 amide bonds. The molecule has 0 saturated carbocycles. The first-order valence-electron chi connectivity index (χ1n) is 13.2. The van der Waals surface area contributed by atoms with Gasteiger partial charge in [0.25, 0.3) is 11.8 Å². The number of imide groups is 2. The second-order valence-corrected chi connectivity index (χ2v) is 9.71. The number of barbiturate groups is 1. The highest BCUT2D eigenvalue weighted by Crippen LogP contribution is 2.32.